The van der Waals surface area contributed by atoms with Gasteiger partial charge in [0.1, 0.15) is 12.4 Å². The fraction of sp³-hybridized carbons (Fsp3) is 0.238. The van der Waals surface area contributed by atoms with Crippen LogP contribution in [0.15, 0.2) is 65.1 Å². The van der Waals surface area contributed by atoms with Crippen molar-refractivity contribution < 1.29 is 9.84 Å². The number of aliphatic hydroxyl groups is 1. The Morgan fingerprint density at radius 1 is 1.11 bits per heavy atom. The molecule has 0 aliphatic rings. The molecule has 28 heavy (non-hydrogen) atoms. The van der Waals surface area contributed by atoms with E-state index in [9.17, 15) is 5.11 Å². The number of aromatic nitrogens is 3. The van der Waals surface area contributed by atoms with Crippen LogP contribution in [0.2, 0.25) is 0 Å². The van der Waals surface area contributed by atoms with Gasteiger partial charge in [-0.05, 0) is 29.8 Å². The molecular weight excluding hydrogens is 390 g/mol. The number of nitrogens with zero attached hydrogens (tertiary/aromatic N) is 3. The van der Waals surface area contributed by atoms with Crippen molar-refractivity contribution in [2.75, 3.05) is 12.4 Å². The Morgan fingerprint density at radius 3 is 2.79 bits per heavy atom. The van der Waals surface area contributed by atoms with Gasteiger partial charge in [-0.3, -0.25) is 0 Å². The number of hydrogen-bond donors (Lipinski definition) is 1. The van der Waals surface area contributed by atoms with Crippen molar-refractivity contribution in [3.63, 3.8) is 0 Å². The third-order valence-corrected chi connectivity index (χ3v) is 6.34. The molecule has 1 atom stereocenters. The van der Waals surface area contributed by atoms with Crippen molar-refractivity contribution in [1.82, 2.24) is 14.8 Å². The Hall–Kier alpha value is -2.35. The van der Waals surface area contributed by atoms with Crippen LogP contribution < -0.4 is 4.74 Å². The lowest BCUT2D eigenvalue weighted by Gasteiger charge is -2.14. The van der Waals surface area contributed by atoms with Gasteiger partial charge in [-0.15, -0.1) is 21.5 Å². The summed E-state index contributed by atoms with van der Waals surface area (Å²) in [5.74, 6) is 2.16. The standard InChI is InChI=1S/C21H21N3O2S2/c1-2-24-20(19-11-6-12-27-19)22-23-21(24)28-14-16(25)13-26-18-10-5-8-15-7-3-4-9-17(15)18/h3-12,16,25H,2,13-14H2,1H3/t16-/m1/s1. The molecule has 0 bridgehead atoms. The summed E-state index contributed by atoms with van der Waals surface area (Å²) in [5.41, 5.74) is 0. The molecule has 0 spiro atoms. The van der Waals surface area contributed by atoms with Gasteiger partial charge in [-0.1, -0.05) is 54.2 Å². The smallest absolute Gasteiger partial charge is 0.191 e. The first-order chi connectivity index (χ1) is 13.8. The summed E-state index contributed by atoms with van der Waals surface area (Å²) >= 11 is 3.15. The highest BCUT2D eigenvalue weighted by Crippen LogP contribution is 2.28. The van der Waals surface area contributed by atoms with Crippen molar-refractivity contribution in [3.05, 3.63) is 60.0 Å². The monoisotopic (exact) mass is 411 g/mol. The number of hydrogen-bond acceptors (Lipinski definition) is 6. The molecule has 0 fully saturated rings. The van der Waals surface area contributed by atoms with E-state index < -0.39 is 6.10 Å². The Morgan fingerprint density at radius 2 is 1.96 bits per heavy atom. The molecule has 2 aromatic carbocycles. The highest BCUT2D eigenvalue weighted by Gasteiger charge is 2.16. The molecule has 0 radical (unpaired) electrons. The molecule has 2 heterocycles. The van der Waals surface area contributed by atoms with Crippen molar-refractivity contribution in [2.24, 2.45) is 0 Å². The van der Waals surface area contributed by atoms with Crippen molar-refractivity contribution in [1.29, 1.82) is 0 Å². The Kier molecular flexibility index (Phi) is 5.95. The minimum absolute atomic E-state index is 0.235. The Balaban J connectivity index is 1.38. The summed E-state index contributed by atoms with van der Waals surface area (Å²) in [6.07, 6.45) is -0.601. The lowest BCUT2D eigenvalue weighted by Crippen LogP contribution is -2.20. The molecule has 0 saturated carbocycles. The van der Waals surface area contributed by atoms with E-state index >= 15 is 0 Å². The number of benzene rings is 2. The van der Waals surface area contributed by atoms with Crippen molar-refractivity contribution in [2.45, 2.75) is 24.7 Å². The van der Waals surface area contributed by atoms with Crippen LogP contribution in [-0.2, 0) is 6.54 Å². The topological polar surface area (TPSA) is 60.2 Å². The maximum Gasteiger partial charge on any atom is 0.191 e. The molecule has 4 aromatic rings. The Labute approximate surface area is 172 Å². The number of thioether (sulfide) groups is 1. The third kappa shape index (κ3) is 4.06. The predicted octanol–water partition coefficient (Wildman–Crippen LogP) is 4.71. The number of rotatable bonds is 8. The van der Waals surface area contributed by atoms with Crippen LogP contribution in [0.3, 0.4) is 0 Å². The summed E-state index contributed by atoms with van der Waals surface area (Å²) in [4.78, 5) is 1.10. The predicted molar refractivity (Wildman–Crippen MR) is 115 cm³/mol. The molecule has 0 amide bonds. The second-order valence-corrected chi connectivity index (χ2v) is 8.22. The largest absolute Gasteiger partial charge is 0.490 e. The number of fused-ring (bicyclic) bond motifs is 1. The van der Waals surface area contributed by atoms with E-state index in [4.69, 9.17) is 4.74 Å². The lowest BCUT2D eigenvalue weighted by molar-refractivity contribution is 0.127. The summed E-state index contributed by atoms with van der Waals surface area (Å²) < 4.78 is 7.96. The SMILES string of the molecule is CCn1c(SC[C@H](O)COc2cccc3ccccc23)nnc1-c1cccs1. The molecule has 0 aliphatic carbocycles. The molecule has 0 saturated heterocycles. The maximum atomic E-state index is 10.4. The molecule has 0 aliphatic heterocycles. The highest BCUT2D eigenvalue weighted by molar-refractivity contribution is 7.99. The van der Waals surface area contributed by atoms with Crippen molar-refractivity contribution in [3.8, 4) is 16.5 Å². The molecular formula is C21H21N3O2S2. The lowest BCUT2D eigenvalue weighted by atomic mass is 10.1. The van der Waals surface area contributed by atoms with Gasteiger partial charge in [-0.2, -0.15) is 0 Å². The number of aliphatic hydroxyl groups excluding tert-OH is 1. The quantitative estimate of drug-likeness (QED) is 0.426. The van der Waals surface area contributed by atoms with E-state index in [0.29, 0.717) is 5.75 Å². The average Bonchev–Trinajstić information content (AvgIpc) is 3.39. The zero-order chi connectivity index (χ0) is 19.3. The zero-order valence-electron chi connectivity index (χ0n) is 15.5. The highest BCUT2D eigenvalue weighted by atomic mass is 32.2. The van der Waals surface area contributed by atoms with E-state index in [0.717, 1.165) is 38.9 Å². The summed E-state index contributed by atoms with van der Waals surface area (Å²) in [6.45, 7) is 3.09. The van der Waals surface area contributed by atoms with E-state index in [1.54, 1.807) is 11.3 Å². The summed E-state index contributed by atoms with van der Waals surface area (Å²) in [5, 5.41) is 24.1. The first-order valence-corrected chi connectivity index (χ1v) is 11.0. The fourth-order valence-corrected chi connectivity index (χ4v) is 4.62. The normalized spacial score (nSPS) is 12.4. The fourth-order valence-electron chi connectivity index (χ4n) is 2.99. The van der Waals surface area contributed by atoms with E-state index in [-0.39, 0.29) is 6.61 Å². The van der Waals surface area contributed by atoms with E-state index in [1.807, 2.05) is 47.8 Å². The van der Waals surface area contributed by atoms with E-state index in [2.05, 4.69) is 33.8 Å². The van der Waals surface area contributed by atoms with Gasteiger partial charge < -0.3 is 14.4 Å². The van der Waals surface area contributed by atoms with Crippen molar-refractivity contribution >= 4 is 33.9 Å². The van der Waals surface area contributed by atoms with Crippen LogP contribution in [0, 0.1) is 0 Å². The molecule has 5 nitrogen and oxygen atoms in total. The van der Waals surface area contributed by atoms with Gasteiger partial charge in [0.25, 0.3) is 0 Å². The van der Waals surface area contributed by atoms with Crippen LogP contribution in [-0.4, -0.2) is 38.3 Å². The second-order valence-electron chi connectivity index (χ2n) is 6.28. The number of thiophene rings is 1. The molecule has 0 unspecified atom stereocenters. The first kappa shape index (κ1) is 19.0. The van der Waals surface area contributed by atoms with Gasteiger partial charge in [0.15, 0.2) is 11.0 Å². The van der Waals surface area contributed by atoms with Crippen LogP contribution in [0.5, 0.6) is 5.75 Å². The minimum atomic E-state index is -0.601. The van der Waals surface area contributed by atoms with Gasteiger partial charge >= 0.3 is 0 Å². The van der Waals surface area contributed by atoms with E-state index in [1.165, 1.54) is 11.8 Å². The number of ether oxygens (including phenoxy) is 1. The molecule has 4 rings (SSSR count). The maximum absolute atomic E-state index is 10.4. The van der Waals surface area contributed by atoms with Crippen LogP contribution in [0.4, 0.5) is 0 Å². The van der Waals surface area contributed by atoms with Gasteiger partial charge in [0.2, 0.25) is 0 Å². The van der Waals surface area contributed by atoms with Crippen LogP contribution in [0.1, 0.15) is 6.92 Å². The Bertz CT molecular complexity index is 1040. The zero-order valence-corrected chi connectivity index (χ0v) is 17.1. The molecule has 7 heteroatoms. The summed E-state index contributed by atoms with van der Waals surface area (Å²) in [7, 11) is 0. The average molecular weight is 412 g/mol. The van der Waals surface area contributed by atoms with Crippen LogP contribution >= 0.6 is 23.1 Å². The molecule has 2 aromatic heterocycles. The third-order valence-electron chi connectivity index (χ3n) is 4.36. The molecule has 1 N–H and O–H groups in total. The van der Waals surface area contributed by atoms with Gasteiger partial charge in [-0.25, -0.2) is 0 Å². The molecule has 144 valence electrons. The van der Waals surface area contributed by atoms with Gasteiger partial charge in [0.05, 0.1) is 11.0 Å². The second kappa shape index (κ2) is 8.77. The minimum Gasteiger partial charge on any atom is -0.490 e. The summed E-state index contributed by atoms with van der Waals surface area (Å²) in [6, 6.07) is 18.1. The van der Waals surface area contributed by atoms with Crippen LogP contribution in [0.25, 0.3) is 21.5 Å². The van der Waals surface area contributed by atoms with Gasteiger partial charge in [0, 0.05) is 17.7 Å². The first-order valence-electron chi connectivity index (χ1n) is 9.14.